The normalized spacial score (nSPS) is 24.1. The van der Waals surface area contributed by atoms with Crippen LogP contribution in [0.15, 0.2) is 30.3 Å². The molecule has 2 aliphatic carbocycles. The monoisotopic (exact) mass is 428 g/mol. The number of hydrogen-bond acceptors (Lipinski definition) is 3. The van der Waals surface area contributed by atoms with Gasteiger partial charge in [0.1, 0.15) is 0 Å². The Morgan fingerprint density at radius 3 is 2.42 bits per heavy atom. The topological polar surface area (TPSA) is 96.2 Å². The molecule has 3 rings (SSSR count). The Balaban J connectivity index is 1.52. The lowest BCUT2D eigenvalue weighted by atomic mass is 9.74. The van der Waals surface area contributed by atoms with E-state index in [9.17, 15) is 9.59 Å². The summed E-state index contributed by atoms with van der Waals surface area (Å²) in [5, 5.41) is 8.83. The van der Waals surface area contributed by atoms with Crippen LogP contribution in [0.2, 0.25) is 0 Å². The minimum absolute atomic E-state index is 0.0415. The van der Waals surface area contributed by atoms with E-state index in [4.69, 9.17) is 5.73 Å². The number of benzene rings is 1. The summed E-state index contributed by atoms with van der Waals surface area (Å²) in [6.45, 7) is 0. The van der Waals surface area contributed by atoms with Gasteiger partial charge < -0.3 is 21.7 Å². The van der Waals surface area contributed by atoms with Crippen molar-refractivity contribution in [1.82, 2.24) is 10.6 Å². The Labute approximate surface area is 187 Å². The third-order valence-electron chi connectivity index (χ3n) is 7.21. The number of carbonyl (C=O) groups excluding carboxylic acids is 2. The molecule has 2 saturated carbocycles. The second-order valence-corrected chi connectivity index (χ2v) is 9.68. The van der Waals surface area contributed by atoms with Crippen LogP contribution < -0.4 is 21.7 Å². The van der Waals surface area contributed by atoms with E-state index in [-0.39, 0.29) is 18.0 Å². The lowest BCUT2D eigenvalue weighted by molar-refractivity contribution is -0.127. The SMILES string of the molecule is CNC(=O)[C@@](N)(CCC1CCCCC1)C[C@H]1CCC[C@@H](NC(=O)Nc2ccccc2)C1. The molecule has 1 aromatic rings. The van der Waals surface area contributed by atoms with Gasteiger partial charge in [0.2, 0.25) is 5.91 Å². The van der Waals surface area contributed by atoms with Crippen molar-refractivity contribution in [1.29, 1.82) is 0 Å². The van der Waals surface area contributed by atoms with E-state index >= 15 is 0 Å². The van der Waals surface area contributed by atoms with Crippen molar-refractivity contribution in [3.63, 3.8) is 0 Å². The highest BCUT2D eigenvalue weighted by molar-refractivity contribution is 5.89. The first-order chi connectivity index (χ1) is 15.0. The highest BCUT2D eigenvalue weighted by atomic mass is 16.2. The molecule has 6 heteroatoms. The zero-order valence-electron chi connectivity index (χ0n) is 19.0. The van der Waals surface area contributed by atoms with Gasteiger partial charge in [-0.15, -0.1) is 0 Å². The van der Waals surface area contributed by atoms with Crippen LogP contribution in [0, 0.1) is 11.8 Å². The molecular formula is C25H40N4O2. The maximum Gasteiger partial charge on any atom is 0.319 e. The van der Waals surface area contributed by atoms with E-state index in [0.717, 1.165) is 44.2 Å². The maximum atomic E-state index is 12.7. The number of hydrogen-bond donors (Lipinski definition) is 4. The molecule has 0 bridgehead atoms. The molecule has 0 aromatic heterocycles. The molecule has 5 N–H and O–H groups in total. The quantitative estimate of drug-likeness (QED) is 0.489. The Kier molecular flexibility index (Phi) is 8.76. The molecular weight excluding hydrogens is 388 g/mol. The zero-order valence-corrected chi connectivity index (χ0v) is 19.0. The number of urea groups is 1. The van der Waals surface area contributed by atoms with E-state index in [1.165, 1.54) is 32.1 Å². The van der Waals surface area contributed by atoms with Crippen LogP contribution in [-0.4, -0.2) is 30.6 Å². The first-order valence-corrected chi connectivity index (χ1v) is 12.1. The van der Waals surface area contributed by atoms with Crippen LogP contribution in [0.4, 0.5) is 10.5 Å². The number of para-hydroxylation sites is 1. The fourth-order valence-electron chi connectivity index (χ4n) is 5.49. The molecule has 1 aromatic carbocycles. The Morgan fingerprint density at radius 2 is 1.71 bits per heavy atom. The first-order valence-electron chi connectivity index (χ1n) is 12.1. The highest BCUT2D eigenvalue weighted by Gasteiger charge is 2.38. The molecule has 3 amide bonds. The second-order valence-electron chi connectivity index (χ2n) is 9.68. The zero-order chi connectivity index (χ0) is 22.1. The first kappa shape index (κ1) is 23.6. The van der Waals surface area contributed by atoms with Crippen LogP contribution in [0.25, 0.3) is 0 Å². The standard InChI is InChI=1S/C25H40N4O2/c1-27-23(30)25(26,16-15-19-9-4-2-5-10-19)18-20-11-8-14-22(17-20)29-24(31)28-21-12-6-3-7-13-21/h3,6-7,12-13,19-20,22H,2,4-5,8-11,14-18,26H2,1H3,(H,27,30)(H2,28,29,31)/t20-,22+,25+/m0/s1. The van der Waals surface area contributed by atoms with E-state index in [2.05, 4.69) is 16.0 Å². The summed E-state index contributed by atoms with van der Waals surface area (Å²) in [5.74, 6) is 1.02. The second kappa shape index (κ2) is 11.5. The smallest absolute Gasteiger partial charge is 0.319 e. The largest absolute Gasteiger partial charge is 0.358 e. The molecule has 2 aliphatic rings. The van der Waals surface area contributed by atoms with Gasteiger partial charge in [0.15, 0.2) is 0 Å². The van der Waals surface area contributed by atoms with Crippen LogP contribution in [0.3, 0.4) is 0 Å². The van der Waals surface area contributed by atoms with Crippen molar-refractivity contribution < 1.29 is 9.59 Å². The van der Waals surface area contributed by atoms with Crippen molar-refractivity contribution in [2.75, 3.05) is 12.4 Å². The van der Waals surface area contributed by atoms with E-state index in [1.807, 2.05) is 30.3 Å². The van der Waals surface area contributed by atoms with Gasteiger partial charge in [-0.05, 0) is 56.1 Å². The minimum atomic E-state index is -0.814. The van der Waals surface area contributed by atoms with Crippen LogP contribution in [0.1, 0.15) is 77.0 Å². The van der Waals surface area contributed by atoms with Gasteiger partial charge in [0, 0.05) is 18.8 Å². The fraction of sp³-hybridized carbons (Fsp3) is 0.680. The molecule has 31 heavy (non-hydrogen) atoms. The number of anilines is 1. The Morgan fingerprint density at radius 1 is 1.00 bits per heavy atom. The van der Waals surface area contributed by atoms with Gasteiger partial charge in [-0.2, -0.15) is 0 Å². The Hall–Kier alpha value is -2.08. The number of likely N-dealkylation sites (N-methyl/N-ethyl adjacent to an activating group) is 1. The third kappa shape index (κ3) is 7.23. The number of nitrogens with two attached hydrogens (primary N) is 1. The fourth-order valence-corrected chi connectivity index (χ4v) is 5.49. The average Bonchev–Trinajstić information content (AvgIpc) is 2.78. The lowest BCUT2D eigenvalue weighted by Crippen LogP contribution is -2.55. The predicted octanol–water partition coefficient (Wildman–Crippen LogP) is 4.56. The predicted molar refractivity (Wildman–Crippen MR) is 126 cm³/mol. The van der Waals surface area contributed by atoms with E-state index < -0.39 is 5.54 Å². The molecule has 3 atom stereocenters. The molecule has 0 aliphatic heterocycles. The highest BCUT2D eigenvalue weighted by Crippen LogP contribution is 2.35. The minimum Gasteiger partial charge on any atom is -0.358 e. The van der Waals surface area contributed by atoms with Crippen molar-refractivity contribution in [3.05, 3.63) is 30.3 Å². The van der Waals surface area contributed by atoms with Gasteiger partial charge in [0.05, 0.1) is 5.54 Å². The van der Waals surface area contributed by atoms with Gasteiger partial charge >= 0.3 is 6.03 Å². The molecule has 0 unspecified atom stereocenters. The van der Waals surface area contributed by atoms with Gasteiger partial charge in [-0.1, -0.05) is 63.1 Å². The molecule has 0 saturated heterocycles. The lowest BCUT2D eigenvalue weighted by Gasteiger charge is -2.37. The summed E-state index contributed by atoms with van der Waals surface area (Å²) in [5.41, 5.74) is 6.71. The number of carbonyl (C=O) groups is 2. The van der Waals surface area contributed by atoms with Crippen molar-refractivity contribution in [3.8, 4) is 0 Å². The number of amides is 3. The summed E-state index contributed by atoms with van der Waals surface area (Å²) in [7, 11) is 1.68. The molecule has 0 spiro atoms. The molecule has 0 radical (unpaired) electrons. The summed E-state index contributed by atoms with van der Waals surface area (Å²) < 4.78 is 0. The summed E-state index contributed by atoms with van der Waals surface area (Å²) in [6.07, 6.45) is 13.0. The van der Waals surface area contributed by atoms with Gasteiger partial charge in [-0.25, -0.2) is 4.79 Å². The molecule has 6 nitrogen and oxygen atoms in total. The van der Waals surface area contributed by atoms with Crippen LogP contribution in [0.5, 0.6) is 0 Å². The number of nitrogens with one attached hydrogen (secondary N) is 3. The third-order valence-corrected chi connectivity index (χ3v) is 7.21. The van der Waals surface area contributed by atoms with Crippen molar-refractivity contribution in [2.24, 2.45) is 17.6 Å². The molecule has 172 valence electrons. The summed E-state index contributed by atoms with van der Waals surface area (Å²) in [6, 6.07) is 9.44. The number of rotatable bonds is 8. The molecule has 2 fully saturated rings. The van der Waals surface area contributed by atoms with Gasteiger partial charge in [-0.3, -0.25) is 4.79 Å². The summed E-state index contributed by atoms with van der Waals surface area (Å²) in [4.78, 5) is 25.1. The van der Waals surface area contributed by atoms with E-state index in [1.54, 1.807) is 7.05 Å². The van der Waals surface area contributed by atoms with E-state index in [0.29, 0.717) is 18.3 Å². The van der Waals surface area contributed by atoms with Gasteiger partial charge in [0.25, 0.3) is 0 Å². The van der Waals surface area contributed by atoms with Crippen molar-refractivity contribution >= 4 is 17.6 Å². The Bertz CT molecular complexity index is 705. The summed E-state index contributed by atoms with van der Waals surface area (Å²) >= 11 is 0. The van der Waals surface area contributed by atoms with Crippen molar-refractivity contribution in [2.45, 2.75) is 88.6 Å². The van der Waals surface area contributed by atoms with Crippen LogP contribution in [-0.2, 0) is 4.79 Å². The van der Waals surface area contributed by atoms with Crippen LogP contribution >= 0.6 is 0 Å². The average molecular weight is 429 g/mol. The maximum absolute atomic E-state index is 12.7. The molecule has 0 heterocycles.